The molecule has 2 nitrogen and oxygen atoms in total. The molecule has 1 aromatic heterocycles. The van der Waals surface area contributed by atoms with Crippen molar-refractivity contribution in [3.63, 3.8) is 0 Å². The third-order valence-electron chi connectivity index (χ3n) is 4.29. The monoisotopic (exact) mass is 319 g/mol. The Kier molecular flexibility index (Phi) is 4.08. The molecular formula is C22H25NO. The number of aryl methyl sites for hydroxylation is 3. The molecule has 0 fully saturated rings. The molecule has 24 heavy (non-hydrogen) atoms. The Morgan fingerprint density at radius 1 is 0.875 bits per heavy atom. The van der Waals surface area contributed by atoms with Gasteiger partial charge in [0.15, 0.2) is 0 Å². The van der Waals surface area contributed by atoms with Gasteiger partial charge in [0.25, 0.3) is 0 Å². The number of aromatic nitrogens is 1. The van der Waals surface area contributed by atoms with Gasteiger partial charge in [-0.05, 0) is 61.1 Å². The summed E-state index contributed by atoms with van der Waals surface area (Å²) in [5.74, 6) is 1.72. The van der Waals surface area contributed by atoms with Gasteiger partial charge in [-0.1, -0.05) is 39.0 Å². The quantitative estimate of drug-likeness (QED) is 0.557. The van der Waals surface area contributed by atoms with Gasteiger partial charge in [-0.3, -0.25) is 4.98 Å². The van der Waals surface area contributed by atoms with Crippen LogP contribution in [-0.2, 0) is 5.41 Å². The molecule has 3 rings (SSSR count). The SMILES string of the molecule is Cc1cc(C)c2nc(C)cc(Oc3ccc(C(C)(C)C)cc3)c2c1. The third kappa shape index (κ3) is 3.28. The van der Waals surface area contributed by atoms with Crippen LogP contribution in [-0.4, -0.2) is 4.98 Å². The maximum Gasteiger partial charge on any atom is 0.138 e. The van der Waals surface area contributed by atoms with E-state index in [9.17, 15) is 0 Å². The lowest BCUT2D eigenvalue weighted by atomic mass is 9.87. The molecule has 0 N–H and O–H groups in total. The zero-order chi connectivity index (χ0) is 17.5. The number of hydrogen-bond acceptors (Lipinski definition) is 2. The fourth-order valence-corrected chi connectivity index (χ4v) is 3.01. The summed E-state index contributed by atoms with van der Waals surface area (Å²) in [6, 6.07) is 14.7. The average molecular weight is 319 g/mol. The van der Waals surface area contributed by atoms with Crippen LogP contribution in [0.4, 0.5) is 0 Å². The van der Waals surface area contributed by atoms with Gasteiger partial charge in [0.2, 0.25) is 0 Å². The number of nitrogens with zero attached hydrogens (tertiary/aromatic N) is 1. The fraction of sp³-hybridized carbons (Fsp3) is 0.318. The van der Waals surface area contributed by atoms with Gasteiger partial charge in [0.1, 0.15) is 11.5 Å². The number of ether oxygens (including phenoxy) is 1. The van der Waals surface area contributed by atoms with Crippen LogP contribution in [0.2, 0.25) is 0 Å². The molecule has 0 atom stereocenters. The first-order chi connectivity index (χ1) is 11.2. The summed E-state index contributed by atoms with van der Waals surface area (Å²) in [5.41, 5.74) is 5.84. The van der Waals surface area contributed by atoms with Gasteiger partial charge >= 0.3 is 0 Å². The maximum atomic E-state index is 6.21. The Hall–Kier alpha value is -2.35. The molecule has 0 saturated carbocycles. The second-order valence-electron chi connectivity index (χ2n) is 7.62. The lowest BCUT2D eigenvalue weighted by Gasteiger charge is -2.19. The van der Waals surface area contributed by atoms with Gasteiger partial charge in [-0.25, -0.2) is 0 Å². The van der Waals surface area contributed by atoms with Crippen molar-refractivity contribution < 1.29 is 4.74 Å². The second-order valence-corrected chi connectivity index (χ2v) is 7.62. The Bertz CT molecular complexity index is 886. The van der Waals surface area contributed by atoms with Gasteiger partial charge in [-0.2, -0.15) is 0 Å². The molecule has 2 aromatic carbocycles. The fourth-order valence-electron chi connectivity index (χ4n) is 3.01. The first-order valence-corrected chi connectivity index (χ1v) is 8.41. The number of fused-ring (bicyclic) bond motifs is 1. The van der Waals surface area contributed by atoms with E-state index in [4.69, 9.17) is 4.74 Å². The summed E-state index contributed by atoms with van der Waals surface area (Å²) in [6.45, 7) is 12.9. The first kappa shape index (κ1) is 16.5. The van der Waals surface area contributed by atoms with E-state index in [0.29, 0.717) is 0 Å². The highest BCUT2D eigenvalue weighted by atomic mass is 16.5. The van der Waals surface area contributed by atoms with Crippen molar-refractivity contribution in [2.75, 3.05) is 0 Å². The van der Waals surface area contributed by atoms with E-state index in [-0.39, 0.29) is 5.41 Å². The third-order valence-corrected chi connectivity index (χ3v) is 4.29. The van der Waals surface area contributed by atoms with Gasteiger partial charge in [0, 0.05) is 17.1 Å². The summed E-state index contributed by atoms with van der Waals surface area (Å²) < 4.78 is 6.21. The smallest absolute Gasteiger partial charge is 0.138 e. The highest BCUT2D eigenvalue weighted by Crippen LogP contribution is 2.33. The van der Waals surface area contributed by atoms with Gasteiger partial charge in [-0.15, -0.1) is 0 Å². The molecule has 0 bridgehead atoms. The minimum atomic E-state index is 0.146. The highest BCUT2D eigenvalue weighted by Gasteiger charge is 2.14. The van der Waals surface area contributed by atoms with Crippen LogP contribution in [0, 0.1) is 20.8 Å². The minimum absolute atomic E-state index is 0.146. The number of pyridine rings is 1. The number of benzene rings is 2. The molecule has 3 aromatic rings. The van der Waals surface area contributed by atoms with Gasteiger partial charge < -0.3 is 4.74 Å². The molecule has 2 heteroatoms. The molecule has 0 aliphatic rings. The largest absolute Gasteiger partial charge is 0.457 e. The second kappa shape index (κ2) is 5.94. The number of hydrogen-bond donors (Lipinski definition) is 0. The van der Waals surface area contributed by atoms with Crippen LogP contribution in [0.5, 0.6) is 11.5 Å². The summed E-state index contributed by atoms with van der Waals surface area (Å²) in [4.78, 5) is 4.68. The van der Waals surface area contributed by atoms with E-state index in [0.717, 1.165) is 28.1 Å². The van der Waals surface area contributed by atoms with Crippen molar-refractivity contribution in [3.05, 3.63) is 64.8 Å². The lowest BCUT2D eigenvalue weighted by molar-refractivity contribution is 0.486. The average Bonchev–Trinajstić information content (AvgIpc) is 2.48. The van der Waals surface area contributed by atoms with Crippen LogP contribution in [0.25, 0.3) is 10.9 Å². The van der Waals surface area contributed by atoms with Crippen LogP contribution in [0.1, 0.15) is 43.2 Å². The molecule has 0 radical (unpaired) electrons. The molecule has 0 saturated heterocycles. The van der Waals surface area contributed by atoms with E-state index < -0.39 is 0 Å². The van der Waals surface area contributed by atoms with Gasteiger partial charge in [0.05, 0.1) is 5.52 Å². The molecule has 0 aliphatic heterocycles. The number of rotatable bonds is 2. The van der Waals surface area contributed by atoms with Crippen molar-refractivity contribution in [3.8, 4) is 11.5 Å². The molecule has 0 unspecified atom stereocenters. The Morgan fingerprint density at radius 3 is 2.17 bits per heavy atom. The maximum absolute atomic E-state index is 6.21. The molecule has 124 valence electrons. The van der Waals surface area contributed by atoms with E-state index in [1.165, 1.54) is 16.7 Å². The molecule has 1 heterocycles. The predicted molar refractivity (Wildman–Crippen MR) is 101 cm³/mol. The first-order valence-electron chi connectivity index (χ1n) is 8.41. The topological polar surface area (TPSA) is 22.1 Å². The zero-order valence-corrected chi connectivity index (χ0v) is 15.4. The lowest BCUT2D eigenvalue weighted by Crippen LogP contribution is -2.10. The normalized spacial score (nSPS) is 11.8. The molecule has 0 aliphatic carbocycles. The van der Waals surface area contributed by atoms with E-state index in [1.54, 1.807) is 0 Å². The van der Waals surface area contributed by atoms with E-state index >= 15 is 0 Å². The zero-order valence-electron chi connectivity index (χ0n) is 15.4. The predicted octanol–water partition coefficient (Wildman–Crippen LogP) is 6.25. The summed E-state index contributed by atoms with van der Waals surface area (Å²) >= 11 is 0. The Labute approximate surface area is 144 Å². The minimum Gasteiger partial charge on any atom is -0.457 e. The van der Waals surface area contributed by atoms with Crippen molar-refractivity contribution in [2.24, 2.45) is 0 Å². The molecule has 0 spiro atoms. The Morgan fingerprint density at radius 2 is 1.54 bits per heavy atom. The van der Waals surface area contributed by atoms with Crippen LogP contribution in [0.15, 0.2) is 42.5 Å². The van der Waals surface area contributed by atoms with Crippen LogP contribution >= 0.6 is 0 Å². The van der Waals surface area contributed by atoms with Crippen molar-refractivity contribution in [2.45, 2.75) is 47.0 Å². The Balaban J connectivity index is 2.04. The van der Waals surface area contributed by atoms with E-state index in [1.807, 2.05) is 25.1 Å². The molecular weight excluding hydrogens is 294 g/mol. The van der Waals surface area contributed by atoms with Crippen molar-refractivity contribution >= 4 is 10.9 Å². The van der Waals surface area contributed by atoms with Crippen molar-refractivity contribution in [1.29, 1.82) is 0 Å². The summed E-state index contributed by atoms with van der Waals surface area (Å²) in [6.07, 6.45) is 0. The summed E-state index contributed by atoms with van der Waals surface area (Å²) in [7, 11) is 0. The highest BCUT2D eigenvalue weighted by molar-refractivity contribution is 5.88. The van der Waals surface area contributed by atoms with Crippen LogP contribution in [0.3, 0.4) is 0 Å². The van der Waals surface area contributed by atoms with Crippen LogP contribution < -0.4 is 4.74 Å². The van der Waals surface area contributed by atoms with E-state index in [2.05, 4.69) is 63.9 Å². The molecule has 0 amide bonds. The standard InChI is InChI=1S/C22H25NO/c1-14-11-15(2)21-19(12-14)20(13-16(3)23-21)24-18-9-7-17(8-10-18)22(4,5)6/h7-13H,1-6H3. The summed E-state index contributed by atoms with van der Waals surface area (Å²) in [5, 5.41) is 1.07. The van der Waals surface area contributed by atoms with Crippen molar-refractivity contribution in [1.82, 2.24) is 4.98 Å².